The highest BCUT2D eigenvalue weighted by molar-refractivity contribution is 9.10. The first kappa shape index (κ1) is 25.0. The van der Waals surface area contributed by atoms with Gasteiger partial charge in [0.25, 0.3) is 11.8 Å². The van der Waals surface area contributed by atoms with Gasteiger partial charge in [-0.25, -0.2) is 0 Å². The molecule has 6 nitrogen and oxygen atoms in total. The summed E-state index contributed by atoms with van der Waals surface area (Å²) in [6.45, 7) is 2.32. The van der Waals surface area contributed by atoms with E-state index >= 15 is 0 Å². The summed E-state index contributed by atoms with van der Waals surface area (Å²) < 4.78 is 12.4. The number of benzene rings is 3. The maximum atomic E-state index is 13.0. The summed E-state index contributed by atoms with van der Waals surface area (Å²) in [5, 5.41) is 1.09. The minimum absolute atomic E-state index is 0.246. The van der Waals surface area contributed by atoms with Crippen LogP contribution in [0.3, 0.4) is 0 Å². The van der Waals surface area contributed by atoms with E-state index in [9.17, 15) is 9.59 Å². The zero-order chi connectivity index (χ0) is 24.9. The SMILES string of the molecule is COc1cc(/C=C2\SC(=S)N(NC(=O)c3ccc(C)cc3)C2=O)cc(Br)c1OCc1ccccc1. The average Bonchev–Trinajstić information content (AvgIpc) is 3.11. The number of hydrogen-bond acceptors (Lipinski definition) is 6. The first-order valence-electron chi connectivity index (χ1n) is 10.6. The van der Waals surface area contributed by atoms with Gasteiger partial charge in [-0.15, -0.1) is 0 Å². The Kier molecular flexibility index (Phi) is 7.90. The number of carbonyl (C=O) groups is 2. The van der Waals surface area contributed by atoms with Crippen LogP contribution in [-0.4, -0.2) is 28.3 Å². The number of nitrogens with zero attached hydrogens (tertiary/aromatic N) is 1. The summed E-state index contributed by atoms with van der Waals surface area (Å²) in [4.78, 5) is 25.9. The molecule has 0 atom stereocenters. The maximum Gasteiger partial charge on any atom is 0.285 e. The highest BCUT2D eigenvalue weighted by Gasteiger charge is 2.34. The molecule has 1 aliphatic heterocycles. The van der Waals surface area contributed by atoms with Crippen molar-refractivity contribution in [2.45, 2.75) is 13.5 Å². The van der Waals surface area contributed by atoms with E-state index in [-0.39, 0.29) is 4.32 Å². The lowest BCUT2D eigenvalue weighted by Crippen LogP contribution is -2.44. The van der Waals surface area contributed by atoms with Crippen molar-refractivity contribution >= 4 is 62.1 Å². The van der Waals surface area contributed by atoms with Gasteiger partial charge in [0.1, 0.15) is 6.61 Å². The van der Waals surface area contributed by atoms with Gasteiger partial charge in [0.15, 0.2) is 15.8 Å². The van der Waals surface area contributed by atoms with Gasteiger partial charge in [0.05, 0.1) is 16.5 Å². The van der Waals surface area contributed by atoms with Crippen molar-refractivity contribution in [3.8, 4) is 11.5 Å². The van der Waals surface area contributed by atoms with Gasteiger partial charge < -0.3 is 9.47 Å². The molecule has 3 aromatic rings. The molecule has 1 N–H and O–H groups in total. The molecule has 0 spiro atoms. The molecule has 178 valence electrons. The normalized spacial score (nSPS) is 14.4. The van der Waals surface area contributed by atoms with E-state index in [1.165, 1.54) is 0 Å². The van der Waals surface area contributed by atoms with Crippen LogP contribution in [0.2, 0.25) is 0 Å². The fraction of sp³-hybridized carbons (Fsp3) is 0.115. The lowest BCUT2D eigenvalue weighted by atomic mass is 10.1. The largest absolute Gasteiger partial charge is 0.493 e. The van der Waals surface area contributed by atoms with Gasteiger partial charge >= 0.3 is 0 Å². The van der Waals surface area contributed by atoms with Crippen LogP contribution in [0.25, 0.3) is 6.08 Å². The minimum Gasteiger partial charge on any atom is -0.493 e. The van der Waals surface area contributed by atoms with Gasteiger partial charge in [-0.05, 0) is 76.5 Å². The van der Waals surface area contributed by atoms with Crippen molar-refractivity contribution < 1.29 is 19.1 Å². The van der Waals surface area contributed by atoms with Crippen molar-refractivity contribution in [2.75, 3.05) is 7.11 Å². The van der Waals surface area contributed by atoms with Gasteiger partial charge in [-0.3, -0.25) is 15.0 Å². The van der Waals surface area contributed by atoms with Crippen LogP contribution in [-0.2, 0) is 11.4 Å². The van der Waals surface area contributed by atoms with Gasteiger partial charge in [-0.1, -0.05) is 59.8 Å². The molecule has 0 bridgehead atoms. The Balaban J connectivity index is 1.51. The van der Waals surface area contributed by atoms with E-state index in [0.717, 1.165) is 27.9 Å². The Morgan fingerprint density at radius 3 is 2.54 bits per heavy atom. The number of thiocarbonyl (C=S) groups is 1. The molecule has 0 aliphatic carbocycles. The Hall–Kier alpha value is -3.14. The number of thioether (sulfide) groups is 1. The zero-order valence-corrected chi connectivity index (χ0v) is 22.1. The molecule has 0 saturated carbocycles. The molecule has 2 amide bonds. The summed E-state index contributed by atoms with van der Waals surface area (Å²) in [6.07, 6.45) is 1.70. The molecule has 1 aliphatic rings. The Morgan fingerprint density at radius 1 is 1.14 bits per heavy atom. The van der Waals surface area contributed by atoms with E-state index in [2.05, 4.69) is 21.4 Å². The summed E-state index contributed by atoms with van der Waals surface area (Å²) in [5.74, 6) is 0.267. The van der Waals surface area contributed by atoms with E-state index in [4.69, 9.17) is 21.7 Å². The van der Waals surface area contributed by atoms with E-state index < -0.39 is 11.8 Å². The number of halogens is 1. The second-order valence-corrected chi connectivity index (χ2v) is 10.2. The molecule has 35 heavy (non-hydrogen) atoms. The molecule has 3 aromatic carbocycles. The third-order valence-corrected chi connectivity index (χ3v) is 6.99. The van der Waals surface area contributed by atoms with E-state index in [1.54, 1.807) is 31.4 Å². The molecule has 0 unspecified atom stereocenters. The van der Waals surface area contributed by atoms with Crippen molar-refractivity contribution in [1.82, 2.24) is 10.4 Å². The molecule has 1 fully saturated rings. The predicted octanol–water partition coefficient (Wildman–Crippen LogP) is 5.89. The molecule has 9 heteroatoms. The number of rotatable bonds is 7. The zero-order valence-electron chi connectivity index (χ0n) is 18.9. The molecule has 1 saturated heterocycles. The fourth-order valence-electron chi connectivity index (χ4n) is 3.28. The molecule has 1 heterocycles. The number of nitrogens with one attached hydrogen (secondary N) is 1. The van der Waals surface area contributed by atoms with Gasteiger partial charge in [-0.2, -0.15) is 5.01 Å². The first-order valence-corrected chi connectivity index (χ1v) is 12.6. The number of aryl methyl sites for hydroxylation is 1. The topological polar surface area (TPSA) is 67.9 Å². The second kappa shape index (κ2) is 11.1. The lowest BCUT2D eigenvalue weighted by molar-refractivity contribution is -0.123. The van der Waals surface area contributed by atoms with E-state index in [1.807, 2.05) is 55.5 Å². The second-order valence-electron chi connectivity index (χ2n) is 7.63. The number of hydrazine groups is 1. The molecular weight excluding hydrogens is 548 g/mol. The quantitative estimate of drug-likeness (QED) is 0.283. The van der Waals surface area contributed by atoms with Crippen LogP contribution in [0.5, 0.6) is 11.5 Å². The smallest absolute Gasteiger partial charge is 0.285 e. The van der Waals surface area contributed by atoms with E-state index in [0.29, 0.717) is 38.6 Å². The van der Waals surface area contributed by atoms with Crippen LogP contribution in [0.1, 0.15) is 27.0 Å². The maximum absolute atomic E-state index is 13.0. The van der Waals surface area contributed by atoms with Crippen molar-refractivity contribution in [3.05, 3.63) is 98.4 Å². The van der Waals surface area contributed by atoms with Crippen LogP contribution in [0.4, 0.5) is 0 Å². The summed E-state index contributed by atoms with van der Waals surface area (Å²) >= 11 is 9.99. The Morgan fingerprint density at radius 2 is 1.86 bits per heavy atom. The monoisotopic (exact) mass is 568 g/mol. The number of methoxy groups -OCH3 is 1. The van der Waals surface area contributed by atoms with Gasteiger partial charge in [0, 0.05) is 5.56 Å². The fourth-order valence-corrected chi connectivity index (χ4v) is 5.03. The number of carbonyl (C=O) groups excluding carboxylic acids is 2. The molecule has 4 rings (SSSR count). The summed E-state index contributed by atoms with van der Waals surface area (Å²) in [6, 6.07) is 20.5. The highest BCUT2D eigenvalue weighted by Crippen LogP contribution is 2.39. The predicted molar refractivity (Wildman–Crippen MR) is 145 cm³/mol. The van der Waals surface area contributed by atoms with Crippen molar-refractivity contribution in [1.29, 1.82) is 0 Å². The highest BCUT2D eigenvalue weighted by atomic mass is 79.9. The average molecular weight is 570 g/mol. The van der Waals surface area contributed by atoms with Crippen LogP contribution >= 0.6 is 39.9 Å². The van der Waals surface area contributed by atoms with Gasteiger partial charge in [0.2, 0.25) is 0 Å². The Bertz CT molecular complexity index is 1310. The Labute approximate surface area is 221 Å². The third kappa shape index (κ3) is 5.93. The van der Waals surface area contributed by atoms with Crippen LogP contribution in [0, 0.1) is 6.92 Å². The molecular formula is C26H21BrN2O4S2. The summed E-state index contributed by atoms with van der Waals surface area (Å²) in [5.41, 5.74) is 5.81. The summed E-state index contributed by atoms with van der Waals surface area (Å²) in [7, 11) is 1.56. The molecule has 0 aromatic heterocycles. The first-order chi connectivity index (χ1) is 16.9. The number of ether oxygens (including phenoxy) is 2. The third-order valence-electron chi connectivity index (χ3n) is 5.10. The number of hydrogen-bond donors (Lipinski definition) is 1. The van der Waals surface area contributed by atoms with Crippen LogP contribution in [0.15, 0.2) is 76.1 Å². The van der Waals surface area contributed by atoms with Crippen LogP contribution < -0.4 is 14.9 Å². The van der Waals surface area contributed by atoms with Crippen molar-refractivity contribution in [3.63, 3.8) is 0 Å². The standard InChI is InChI=1S/C26H21BrN2O4S2/c1-16-8-10-19(11-9-16)24(30)28-29-25(31)22(35-26(29)34)14-18-12-20(27)23(21(13-18)32-2)33-15-17-6-4-3-5-7-17/h3-14H,15H2,1-2H3,(H,28,30)/b22-14-. The lowest BCUT2D eigenvalue weighted by Gasteiger charge is -2.15. The minimum atomic E-state index is -0.410. The number of amides is 2. The molecule has 0 radical (unpaired) electrons. The van der Waals surface area contributed by atoms with Crippen molar-refractivity contribution in [2.24, 2.45) is 0 Å².